The quantitative estimate of drug-likeness (QED) is 0.751. The number of carboxylic acids is 1. The van der Waals surface area contributed by atoms with Crippen LogP contribution in [0.5, 0.6) is 0 Å². The fourth-order valence-electron chi connectivity index (χ4n) is 2.76. The van der Waals surface area contributed by atoms with Gasteiger partial charge in [-0.25, -0.2) is 0 Å². The van der Waals surface area contributed by atoms with Crippen LogP contribution in [-0.2, 0) is 4.79 Å². The largest absolute Gasteiger partial charge is 0.481 e. The summed E-state index contributed by atoms with van der Waals surface area (Å²) in [4.78, 5) is 10.9. The van der Waals surface area contributed by atoms with Crippen LogP contribution in [0.2, 0.25) is 0 Å². The van der Waals surface area contributed by atoms with Crippen molar-refractivity contribution >= 4 is 5.97 Å². The summed E-state index contributed by atoms with van der Waals surface area (Å²) in [5.74, 6) is -0.0988. The molecule has 2 unspecified atom stereocenters. The number of rotatable bonds is 6. The molecule has 1 fully saturated rings. The molecular formula is C14H27NO2. The van der Waals surface area contributed by atoms with Crippen molar-refractivity contribution in [2.45, 2.75) is 71.4 Å². The van der Waals surface area contributed by atoms with Crippen LogP contribution in [0, 0.1) is 11.8 Å². The second kappa shape index (κ2) is 7.00. The second-order valence-electron chi connectivity index (χ2n) is 5.59. The first kappa shape index (κ1) is 14.5. The highest BCUT2D eigenvalue weighted by atomic mass is 16.4. The van der Waals surface area contributed by atoms with Crippen molar-refractivity contribution in [3.63, 3.8) is 0 Å². The van der Waals surface area contributed by atoms with Crippen molar-refractivity contribution in [3.05, 3.63) is 0 Å². The summed E-state index contributed by atoms with van der Waals surface area (Å²) in [6.45, 7) is 6.01. The Balaban J connectivity index is 2.28. The number of carboxylic acid groups (broad SMARTS) is 1. The van der Waals surface area contributed by atoms with Crippen molar-refractivity contribution in [2.24, 2.45) is 11.8 Å². The first-order chi connectivity index (χ1) is 8.04. The number of nitrogens with one attached hydrogen (secondary N) is 1. The normalized spacial score (nSPS) is 28.6. The standard InChI is InChI=1S/C14H27NO2/c1-4-5-12-6-8-13(9-7-12)15-11(3)10(2)14(16)17/h10-13,15H,4-9H2,1-3H3,(H,16,17). The molecule has 0 radical (unpaired) electrons. The fourth-order valence-corrected chi connectivity index (χ4v) is 2.76. The number of carbonyl (C=O) groups is 1. The van der Waals surface area contributed by atoms with E-state index in [0.29, 0.717) is 6.04 Å². The SMILES string of the molecule is CCCC1CCC(NC(C)C(C)C(=O)O)CC1. The van der Waals surface area contributed by atoms with E-state index in [2.05, 4.69) is 12.2 Å². The van der Waals surface area contributed by atoms with Gasteiger partial charge in [-0.3, -0.25) is 4.79 Å². The van der Waals surface area contributed by atoms with Gasteiger partial charge in [0.2, 0.25) is 0 Å². The summed E-state index contributed by atoms with van der Waals surface area (Å²) in [7, 11) is 0. The molecule has 0 aliphatic heterocycles. The van der Waals surface area contributed by atoms with Gasteiger partial charge < -0.3 is 10.4 Å². The third-order valence-electron chi connectivity index (χ3n) is 4.18. The molecule has 1 aliphatic carbocycles. The van der Waals surface area contributed by atoms with Crippen molar-refractivity contribution in [1.29, 1.82) is 0 Å². The van der Waals surface area contributed by atoms with Crippen LogP contribution in [0.15, 0.2) is 0 Å². The van der Waals surface area contributed by atoms with E-state index in [1.54, 1.807) is 6.92 Å². The molecule has 1 saturated carbocycles. The second-order valence-corrected chi connectivity index (χ2v) is 5.59. The highest BCUT2D eigenvalue weighted by molar-refractivity contribution is 5.70. The van der Waals surface area contributed by atoms with Crippen LogP contribution in [-0.4, -0.2) is 23.2 Å². The van der Waals surface area contributed by atoms with Crippen LogP contribution in [0.3, 0.4) is 0 Å². The predicted octanol–water partition coefficient (Wildman–Crippen LogP) is 3.04. The summed E-state index contributed by atoms with van der Waals surface area (Å²) >= 11 is 0. The zero-order chi connectivity index (χ0) is 12.8. The third-order valence-corrected chi connectivity index (χ3v) is 4.18. The van der Waals surface area contributed by atoms with E-state index >= 15 is 0 Å². The summed E-state index contributed by atoms with van der Waals surface area (Å²) < 4.78 is 0. The van der Waals surface area contributed by atoms with Gasteiger partial charge in [-0.2, -0.15) is 0 Å². The monoisotopic (exact) mass is 241 g/mol. The zero-order valence-electron chi connectivity index (χ0n) is 11.4. The van der Waals surface area contributed by atoms with Gasteiger partial charge in [0.05, 0.1) is 5.92 Å². The molecule has 0 aromatic heterocycles. The van der Waals surface area contributed by atoms with E-state index in [0.717, 1.165) is 5.92 Å². The molecule has 0 saturated heterocycles. The molecule has 2 atom stereocenters. The minimum absolute atomic E-state index is 0.0697. The molecule has 0 aromatic carbocycles. The molecule has 17 heavy (non-hydrogen) atoms. The van der Waals surface area contributed by atoms with Gasteiger partial charge in [-0.05, 0) is 38.5 Å². The van der Waals surface area contributed by atoms with E-state index < -0.39 is 5.97 Å². The minimum atomic E-state index is -0.704. The van der Waals surface area contributed by atoms with Crippen LogP contribution in [0.25, 0.3) is 0 Å². The highest BCUT2D eigenvalue weighted by Crippen LogP contribution is 2.28. The maximum atomic E-state index is 10.9. The molecule has 0 aromatic rings. The van der Waals surface area contributed by atoms with Crippen LogP contribution < -0.4 is 5.32 Å². The molecule has 0 amide bonds. The van der Waals surface area contributed by atoms with Crippen molar-refractivity contribution in [2.75, 3.05) is 0 Å². The highest BCUT2D eigenvalue weighted by Gasteiger charge is 2.25. The topological polar surface area (TPSA) is 49.3 Å². The van der Waals surface area contributed by atoms with Crippen molar-refractivity contribution in [3.8, 4) is 0 Å². The molecule has 2 N–H and O–H groups in total. The summed E-state index contributed by atoms with van der Waals surface area (Å²) in [5, 5.41) is 12.4. The lowest BCUT2D eigenvalue weighted by Crippen LogP contribution is -2.44. The van der Waals surface area contributed by atoms with Crippen LogP contribution in [0.1, 0.15) is 59.3 Å². The van der Waals surface area contributed by atoms with E-state index in [1.807, 2.05) is 6.92 Å². The molecule has 100 valence electrons. The molecule has 3 nitrogen and oxygen atoms in total. The van der Waals surface area contributed by atoms with Gasteiger partial charge in [0.15, 0.2) is 0 Å². The Hall–Kier alpha value is -0.570. The lowest BCUT2D eigenvalue weighted by molar-refractivity contribution is -0.142. The number of hydrogen-bond donors (Lipinski definition) is 2. The fraction of sp³-hybridized carbons (Fsp3) is 0.929. The van der Waals surface area contributed by atoms with E-state index in [1.165, 1.54) is 38.5 Å². The number of aliphatic carboxylic acids is 1. The third kappa shape index (κ3) is 4.66. The Labute approximate surface area is 105 Å². The maximum Gasteiger partial charge on any atom is 0.307 e. The first-order valence-electron chi connectivity index (χ1n) is 7.03. The van der Waals surface area contributed by atoms with Gasteiger partial charge in [0, 0.05) is 12.1 Å². The van der Waals surface area contributed by atoms with Gasteiger partial charge in [-0.1, -0.05) is 26.7 Å². The Bertz CT molecular complexity index is 234. The van der Waals surface area contributed by atoms with Gasteiger partial charge in [-0.15, -0.1) is 0 Å². The molecule has 0 heterocycles. The zero-order valence-corrected chi connectivity index (χ0v) is 11.4. The first-order valence-corrected chi connectivity index (χ1v) is 7.03. The van der Waals surface area contributed by atoms with Crippen molar-refractivity contribution in [1.82, 2.24) is 5.32 Å². The molecule has 0 bridgehead atoms. The Morgan fingerprint density at radius 1 is 1.29 bits per heavy atom. The Morgan fingerprint density at radius 3 is 2.35 bits per heavy atom. The van der Waals surface area contributed by atoms with E-state index in [4.69, 9.17) is 5.11 Å². The molecule has 1 rings (SSSR count). The van der Waals surface area contributed by atoms with E-state index in [-0.39, 0.29) is 12.0 Å². The maximum absolute atomic E-state index is 10.9. The molecule has 1 aliphatic rings. The lowest BCUT2D eigenvalue weighted by atomic mass is 9.83. The Morgan fingerprint density at radius 2 is 1.88 bits per heavy atom. The molecule has 3 heteroatoms. The number of hydrogen-bond acceptors (Lipinski definition) is 2. The average Bonchev–Trinajstić information content (AvgIpc) is 2.30. The van der Waals surface area contributed by atoms with Crippen molar-refractivity contribution < 1.29 is 9.90 Å². The van der Waals surface area contributed by atoms with Crippen LogP contribution >= 0.6 is 0 Å². The Kier molecular flexibility index (Phi) is 5.96. The van der Waals surface area contributed by atoms with Gasteiger partial charge in [0.1, 0.15) is 0 Å². The molecular weight excluding hydrogens is 214 g/mol. The summed E-state index contributed by atoms with van der Waals surface area (Å²) in [6, 6.07) is 0.597. The lowest BCUT2D eigenvalue weighted by Gasteiger charge is -2.32. The van der Waals surface area contributed by atoms with Gasteiger partial charge in [0.25, 0.3) is 0 Å². The van der Waals surface area contributed by atoms with Gasteiger partial charge >= 0.3 is 5.97 Å². The summed E-state index contributed by atoms with van der Waals surface area (Å²) in [5.41, 5.74) is 0. The smallest absolute Gasteiger partial charge is 0.307 e. The van der Waals surface area contributed by atoms with Crippen LogP contribution in [0.4, 0.5) is 0 Å². The average molecular weight is 241 g/mol. The minimum Gasteiger partial charge on any atom is -0.481 e. The van der Waals surface area contributed by atoms with E-state index in [9.17, 15) is 4.79 Å². The summed E-state index contributed by atoms with van der Waals surface area (Å²) in [6.07, 6.45) is 7.67. The molecule has 0 spiro atoms. The predicted molar refractivity (Wildman–Crippen MR) is 70.1 cm³/mol.